The van der Waals surface area contributed by atoms with E-state index in [1.807, 2.05) is 20.8 Å². The van der Waals surface area contributed by atoms with Crippen molar-refractivity contribution in [3.05, 3.63) is 11.8 Å². The minimum Gasteiger partial charge on any atom is -0.360 e. The SMILES string of the molecule is Cc1cc(NC(=O)NC2CC(=O)N(C(C)(C)C)C2)no1. The monoisotopic (exact) mass is 280 g/mol. The molecule has 0 aliphatic carbocycles. The number of aromatic nitrogens is 1. The number of likely N-dealkylation sites (tertiary alicyclic amines) is 1. The standard InChI is InChI=1S/C13H20N4O3/c1-8-5-10(16-20-8)15-12(19)14-9-6-11(18)17(7-9)13(2,3)4/h5,9H,6-7H2,1-4H3,(H2,14,15,16,19). The van der Waals surface area contributed by atoms with Crippen LogP contribution in [-0.2, 0) is 4.79 Å². The molecule has 7 heteroatoms. The summed E-state index contributed by atoms with van der Waals surface area (Å²) in [6.45, 7) is 8.20. The summed E-state index contributed by atoms with van der Waals surface area (Å²) < 4.78 is 4.86. The van der Waals surface area contributed by atoms with E-state index in [-0.39, 0.29) is 23.5 Å². The normalized spacial score (nSPS) is 19.3. The van der Waals surface area contributed by atoms with E-state index < -0.39 is 0 Å². The molecule has 1 unspecified atom stereocenters. The summed E-state index contributed by atoms with van der Waals surface area (Å²) in [4.78, 5) is 25.5. The Bertz CT molecular complexity index is 518. The molecule has 0 radical (unpaired) electrons. The zero-order chi connectivity index (χ0) is 14.9. The molecular formula is C13H20N4O3. The first-order valence-electron chi connectivity index (χ1n) is 6.57. The van der Waals surface area contributed by atoms with Crippen LogP contribution in [0.25, 0.3) is 0 Å². The second-order valence-electron chi connectivity index (χ2n) is 6.00. The van der Waals surface area contributed by atoms with Gasteiger partial charge in [0.15, 0.2) is 5.82 Å². The summed E-state index contributed by atoms with van der Waals surface area (Å²) >= 11 is 0. The van der Waals surface area contributed by atoms with Gasteiger partial charge < -0.3 is 14.7 Å². The summed E-state index contributed by atoms with van der Waals surface area (Å²) in [7, 11) is 0. The number of hydrogen-bond donors (Lipinski definition) is 2. The molecule has 1 aromatic rings. The number of rotatable bonds is 2. The maximum absolute atomic E-state index is 11.9. The molecule has 1 saturated heterocycles. The molecule has 2 rings (SSSR count). The lowest BCUT2D eigenvalue weighted by atomic mass is 10.1. The number of aryl methyl sites for hydroxylation is 1. The van der Waals surface area contributed by atoms with E-state index in [4.69, 9.17) is 4.52 Å². The van der Waals surface area contributed by atoms with E-state index >= 15 is 0 Å². The molecule has 0 saturated carbocycles. The fourth-order valence-electron chi connectivity index (χ4n) is 2.22. The number of nitrogens with one attached hydrogen (secondary N) is 2. The fourth-order valence-corrected chi connectivity index (χ4v) is 2.22. The van der Waals surface area contributed by atoms with Crippen molar-refractivity contribution < 1.29 is 14.1 Å². The Kier molecular flexibility index (Phi) is 3.69. The largest absolute Gasteiger partial charge is 0.360 e. The number of nitrogens with zero attached hydrogens (tertiary/aromatic N) is 2. The average Bonchev–Trinajstić information content (AvgIpc) is 2.84. The van der Waals surface area contributed by atoms with Gasteiger partial charge in [0.1, 0.15) is 5.76 Å². The lowest BCUT2D eigenvalue weighted by molar-refractivity contribution is -0.131. The van der Waals surface area contributed by atoms with Crippen molar-refractivity contribution in [1.29, 1.82) is 0 Å². The summed E-state index contributed by atoms with van der Waals surface area (Å²) in [5, 5.41) is 9.02. The Hall–Kier alpha value is -2.05. The molecule has 1 aliphatic rings. The van der Waals surface area contributed by atoms with E-state index in [2.05, 4.69) is 15.8 Å². The first-order valence-corrected chi connectivity index (χ1v) is 6.57. The van der Waals surface area contributed by atoms with Crippen LogP contribution in [0.3, 0.4) is 0 Å². The van der Waals surface area contributed by atoms with Crippen LogP contribution in [0.5, 0.6) is 0 Å². The van der Waals surface area contributed by atoms with Gasteiger partial charge in [-0.3, -0.25) is 10.1 Å². The third kappa shape index (κ3) is 3.28. The molecule has 0 bridgehead atoms. The maximum atomic E-state index is 11.9. The highest BCUT2D eigenvalue weighted by Gasteiger charge is 2.36. The number of anilines is 1. The third-order valence-corrected chi connectivity index (χ3v) is 3.14. The van der Waals surface area contributed by atoms with Gasteiger partial charge in [-0.05, 0) is 27.7 Å². The Morgan fingerprint density at radius 2 is 2.20 bits per heavy atom. The van der Waals surface area contributed by atoms with Crippen LogP contribution < -0.4 is 10.6 Å². The molecule has 2 heterocycles. The van der Waals surface area contributed by atoms with E-state index in [1.165, 1.54) is 0 Å². The zero-order valence-corrected chi connectivity index (χ0v) is 12.2. The van der Waals surface area contributed by atoms with Gasteiger partial charge in [0.2, 0.25) is 5.91 Å². The molecule has 1 aromatic heterocycles. The number of urea groups is 1. The first-order chi connectivity index (χ1) is 9.25. The minimum atomic E-state index is -0.383. The molecule has 110 valence electrons. The smallest absolute Gasteiger partial charge is 0.320 e. The molecule has 1 atom stereocenters. The lowest BCUT2D eigenvalue weighted by Crippen LogP contribution is -2.45. The van der Waals surface area contributed by atoms with Crippen LogP contribution in [0.15, 0.2) is 10.6 Å². The Labute approximate surface area is 117 Å². The van der Waals surface area contributed by atoms with Crippen molar-refractivity contribution in [2.24, 2.45) is 0 Å². The summed E-state index contributed by atoms with van der Waals surface area (Å²) in [6, 6.07) is 1.06. The lowest BCUT2D eigenvalue weighted by Gasteiger charge is -2.32. The van der Waals surface area contributed by atoms with E-state index in [0.717, 1.165) is 0 Å². The maximum Gasteiger partial charge on any atom is 0.320 e. The molecule has 2 N–H and O–H groups in total. The van der Waals surface area contributed by atoms with Crippen LogP contribution in [0, 0.1) is 6.92 Å². The van der Waals surface area contributed by atoms with E-state index in [0.29, 0.717) is 24.5 Å². The number of hydrogen-bond acceptors (Lipinski definition) is 4. The van der Waals surface area contributed by atoms with Crippen LogP contribution in [0.2, 0.25) is 0 Å². The van der Waals surface area contributed by atoms with Gasteiger partial charge in [-0.25, -0.2) is 4.79 Å². The predicted octanol–water partition coefficient (Wildman–Crippen LogP) is 1.50. The first kappa shape index (κ1) is 14.4. The Balaban J connectivity index is 1.88. The van der Waals surface area contributed by atoms with Gasteiger partial charge in [0.05, 0.1) is 6.04 Å². The van der Waals surface area contributed by atoms with Gasteiger partial charge in [0.25, 0.3) is 0 Å². The molecular weight excluding hydrogens is 260 g/mol. The Morgan fingerprint density at radius 3 is 2.70 bits per heavy atom. The second-order valence-corrected chi connectivity index (χ2v) is 6.00. The van der Waals surface area contributed by atoms with E-state index in [9.17, 15) is 9.59 Å². The topological polar surface area (TPSA) is 87.5 Å². The highest BCUT2D eigenvalue weighted by molar-refractivity contribution is 5.89. The van der Waals surface area contributed by atoms with Gasteiger partial charge in [0, 0.05) is 24.6 Å². The van der Waals surface area contributed by atoms with Crippen LogP contribution in [0.4, 0.5) is 10.6 Å². The molecule has 20 heavy (non-hydrogen) atoms. The number of carbonyl (C=O) groups excluding carboxylic acids is 2. The van der Waals surface area contributed by atoms with Crippen molar-refractivity contribution in [3.63, 3.8) is 0 Å². The van der Waals surface area contributed by atoms with Crippen LogP contribution in [-0.4, -0.2) is 40.1 Å². The highest BCUT2D eigenvalue weighted by Crippen LogP contribution is 2.21. The molecule has 0 spiro atoms. The van der Waals surface area contributed by atoms with Crippen molar-refractivity contribution in [3.8, 4) is 0 Å². The average molecular weight is 280 g/mol. The molecule has 1 aliphatic heterocycles. The van der Waals surface area contributed by atoms with Crippen molar-refractivity contribution >= 4 is 17.8 Å². The van der Waals surface area contributed by atoms with Gasteiger partial charge in [-0.15, -0.1) is 0 Å². The van der Waals surface area contributed by atoms with Crippen LogP contribution >= 0.6 is 0 Å². The quantitative estimate of drug-likeness (QED) is 0.859. The number of amides is 3. The summed E-state index contributed by atoms with van der Waals surface area (Å²) in [5.74, 6) is 1.03. The predicted molar refractivity (Wildman–Crippen MR) is 73.3 cm³/mol. The van der Waals surface area contributed by atoms with E-state index in [1.54, 1.807) is 17.9 Å². The minimum absolute atomic E-state index is 0.0556. The fraction of sp³-hybridized carbons (Fsp3) is 0.615. The van der Waals surface area contributed by atoms with Gasteiger partial charge >= 0.3 is 6.03 Å². The second kappa shape index (κ2) is 5.15. The third-order valence-electron chi connectivity index (χ3n) is 3.14. The zero-order valence-electron chi connectivity index (χ0n) is 12.2. The van der Waals surface area contributed by atoms with Crippen molar-refractivity contribution in [2.45, 2.75) is 45.7 Å². The molecule has 0 aromatic carbocycles. The number of carbonyl (C=O) groups is 2. The Morgan fingerprint density at radius 1 is 1.50 bits per heavy atom. The van der Waals surface area contributed by atoms with Crippen molar-refractivity contribution in [1.82, 2.24) is 15.4 Å². The van der Waals surface area contributed by atoms with Crippen molar-refractivity contribution in [2.75, 3.05) is 11.9 Å². The summed E-state index contributed by atoms with van der Waals surface area (Å²) in [6.07, 6.45) is 0.322. The van der Waals surface area contributed by atoms with Gasteiger partial charge in [-0.1, -0.05) is 5.16 Å². The molecule has 7 nitrogen and oxygen atoms in total. The highest BCUT2D eigenvalue weighted by atomic mass is 16.5. The molecule has 1 fully saturated rings. The molecule has 3 amide bonds. The van der Waals surface area contributed by atoms with Gasteiger partial charge in [-0.2, -0.15) is 0 Å². The summed E-state index contributed by atoms with van der Waals surface area (Å²) in [5.41, 5.74) is -0.229. The van der Waals surface area contributed by atoms with Crippen LogP contribution in [0.1, 0.15) is 33.0 Å².